The molecule has 2 aromatic rings. The molecule has 27 heavy (non-hydrogen) atoms. The van der Waals surface area contributed by atoms with Crippen molar-refractivity contribution in [3.8, 4) is 0 Å². The van der Waals surface area contributed by atoms with Gasteiger partial charge in [0.1, 0.15) is 5.82 Å². The molecule has 1 aliphatic heterocycles. The molecule has 1 aromatic heterocycles. The van der Waals surface area contributed by atoms with Crippen LogP contribution in [0.15, 0.2) is 41.6 Å². The van der Waals surface area contributed by atoms with Gasteiger partial charge in [-0.15, -0.1) is 0 Å². The lowest BCUT2D eigenvalue weighted by atomic mass is 9.98. The van der Waals surface area contributed by atoms with Crippen molar-refractivity contribution < 1.29 is 21.6 Å². The molecule has 3 rings (SSSR count). The van der Waals surface area contributed by atoms with Crippen LogP contribution in [-0.2, 0) is 29.2 Å². The smallest absolute Gasteiger partial charge is 0.335 e. The first kappa shape index (κ1) is 19.9. The molecule has 5 nitrogen and oxygen atoms in total. The van der Waals surface area contributed by atoms with Crippen molar-refractivity contribution in [2.75, 3.05) is 13.1 Å². The van der Waals surface area contributed by atoms with E-state index in [1.54, 1.807) is 6.20 Å². The number of aryl methyl sites for hydroxylation is 1. The molecule has 0 spiro atoms. The Kier molecular flexibility index (Phi) is 5.62. The maximum absolute atomic E-state index is 12.7. The van der Waals surface area contributed by atoms with E-state index in [1.807, 2.05) is 13.1 Å². The molecule has 0 amide bonds. The average Bonchev–Trinajstić information content (AvgIpc) is 3.09. The Morgan fingerprint density at radius 1 is 1.15 bits per heavy atom. The Balaban J connectivity index is 1.64. The third kappa shape index (κ3) is 4.35. The fourth-order valence-corrected chi connectivity index (χ4v) is 4.87. The van der Waals surface area contributed by atoms with Crippen LogP contribution in [0.3, 0.4) is 0 Å². The first-order valence-electron chi connectivity index (χ1n) is 8.89. The van der Waals surface area contributed by atoms with Gasteiger partial charge in [-0.1, -0.05) is 6.92 Å². The summed E-state index contributed by atoms with van der Waals surface area (Å²) in [4.78, 5) is 4.19. The lowest BCUT2D eigenvalue weighted by Crippen LogP contribution is -2.39. The van der Waals surface area contributed by atoms with Gasteiger partial charge in [-0.2, -0.15) is 17.5 Å². The van der Waals surface area contributed by atoms with E-state index in [4.69, 9.17) is 0 Å². The Bertz CT molecular complexity index is 868. The predicted molar refractivity (Wildman–Crippen MR) is 94.5 cm³/mol. The van der Waals surface area contributed by atoms with Crippen LogP contribution in [0.2, 0.25) is 0 Å². The fraction of sp³-hybridized carbons (Fsp3) is 0.500. The first-order chi connectivity index (χ1) is 12.7. The molecule has 0 atom stereocenters. The number of hydrogen-bond acceptors (Lipinski definition) is 3. The van der Waals surface area contributed by atoms with Gasteiger partial charge in [0.05, 0.1) is 10.5 Å². The fourth-order valence-electron chi connectivity index (χ4n) is 3.40. The number of rotatable bonds is 5. The maximum atomic E-state index is 12.7. The van der Waals surface area contributed by atoms with Crippen LogP contribution in [0, 0.1) is 5.92 Å². The molecule has 0 radical (unpaired) electrons. The number of benzene rings is 1. The molecule has 148 valence electrons. The predicted octanol–water partition coefficient (Wildman–Crippen LogP) is 3.57. The van der Waals surface area contributed by atoms with Crippen molar-refractivity contribution in [1.82, 2.24) is 13.9 Å². The van der Waals surface area contributed by atoms with Gasteiger partial charge in [0, 0.05) is 38.4 Å². The molecular formula is C18H22F3N3O2S. The second-order valence-corrected chi connectivity index (χ2v) is 8.66. The van der Waals surface area contributed by atoms with Crippen molar-refractivity contribution in [2.45, 2.75) is 43.8 Å². The quantitative estimate of drug-likeness (QED) is 0.770. The zero-order valence-electron chi connectivity index (χ0n) is 15.0. The molecule has 1 saturated heterocycles. The van der Waals surface area contributed by atoms with E-state index in [-0.39, 0.29) is 4.90 Å². The lowest BCUT2D eigenvalue weighted by Gasteiger charge is -2.31. The van der Waals surface area contributed by atoms with Gasteiger partial charge in [-0.05, 0) is 43.0 Å². The SMILES string of the molecule is CCc1nccn1CC1CCN(S(=O)(=O)c2ccc(C(F)(F)F)cc2)CC1. The van der Waals surface area contributed by atoms with Gasteiger partial charge in [-0.3, -0.25) is 0 Å². The molecule has 0 saturated carbocycles. The number of piperidine rings is 1. The second-order valence-electron chi connectivity index (χ2n) is 6.72. The Morgan fingerprint density at radius 3 is 2.33 bits per heavy atom. The number of sulfonamides is 1. The summed E-state index contributed by atoms with van der Waals surface area (Å²) in [5.74, 6) is 1.36. The molecular weight excluding hydrogens is 379 g/mol. The van der Waals surface area contributed by atoms with Crippen molar-refractivity contribution in [1.29, 1.82) is 0 Å². The molecule has 0 N–H and O–H groups in total. The molecule has 0 aliphatic carbocycles. The van der Waals surface area contributed by atoms with Gasteiger partial charge < -0.3 is 4.57 Å². The van der Waals surface area contributed by atoms with Gasteiger partial charge in [0.2, 0.25) is 10.0 Å². The van der Waals surface area contributed by atoms with Crippen molar-refractivity contribution in [3.05, 3.63) is 48.0 Å². The summed E-state index contributed by atoms with van der Waals surface area (Å²) in [6.07, 6.45) is 1.48. The highest BCUT2D eigenvalue weighted by atomic mass is 32.2. The summed E-state index contributed by atoms with van der Waals surface area (Å²) in [6, 6.07) is 3.68. The number of imidazole rings is 1. The molecule has 9 heteroatoms. The molecule has 0 bridgehead atoms. The number of halogens is 3. The summed E-state index contributed by atoms with van der Waals surface area (Å²) in [5.41, 5.74) is -0.854. The van der Waals surface area contributed by atoms with Crippen LogP contribution in [0.5, 0.6) is 0 Å². The molecule has 2 heterocycles. The van der Waals surface area contributed by atoms with Crippen LogP contribution >= 0.6 is 0 Å². The molecule has 1 aliphatic rings. The number of aromatic nitrogens is 2. The van der Waals surface area contributed by atoms with Crippen LogP contribution in [-0.4, -0.2) is 35.4 Å². The standard InChI is InChI=1S/C18H22F3N3O2S/c1-2-17-22-9-12-23(17)13-14-7-10-24(11-8-14)27(25,26)16-5-3-15(4-6-16)18(19,20)21/h3-6,9,12,14H,2,7-8,10-11,13H2,1H3. The minimum atomic E-state index is -4.48. The largest absolute Gasteiger partial charge is 0.416 e. The van der Waals surface area contributed by atoms with Crippen molar-refractivity contribution >= 4 is 10.0 Å². The maximum Gasteiger partial charge on any atom is 0.416 e. The highest BCUT2D eigenvalue weighted by Gasteiger charge is 2.33. The number of hydrogen-bond donors (Lipinski definition) is 0. The average molecular weight is 401 g/mol. The van der Waals surface area contributed by atoms with Gasteiger partial charge >= 0.3 is 6.18 Å². The van der Waals surface area contributed by atoms with Crippen LogP contribution in [0.4, 0.5) is 13.2 Å². The van der Waals surface area contributed by atoms with E-state index in [0.717, 1.165) is 43.1 Å². The topological polar surface area (TPSA) is 55.2 Å². The molecule has 1 fully saturated rings. The number of alkyl halides is 3. The second kappa shape index (κ2) is 7.63. The summed E-state index contributed by atoms with van der Waals surface area (Å²) in [5, 5.41) is 0. The zero-order valence-corrected chi connectivity index (χ0v) is 15.8. The third-order valence-electron chi connectivity index (χ3n) is 4.97. The lowest BCUT2D eigenvalue weighted by molar-refractivity contribution is -0.137. The van der Waals surface area contributed by atoms with E-state index < -0.39 is 21.8 Å². The minimum absolute atomic E-state index is 0.100. The highest BCUT2D eigenvalue weighted by molar-refractivity contribution is 7.89. The van der Waals surface area contributed by atoms with Gasteiger partial charge in [0.15, 0.2) is 0 Å². The minimum Gasteiger partial charge on any atom is -0.335 e. The Hall–Kier alpha value is -1.87. The summed E-state index contributed by atoms with van der Waals surface area (Å²) in [6.45, 7) is 3.57. The van der Waals surface area contributed by atoms with Crippen molar-refractivity contribution in [3.63, 3.8) is 0 Å². The van der Waals surface area contributed by atoms with E-state index in [2.05, 4.69) is 9.55 Å². The third-order valence-corrected chi connectivity index (χ3v) is 6.88. The van der Waals surface area contributed by atoms with Crippen LogP contribution in [0.1, 0.15) is 31.2 Å². The first-order valence-corrected chi connectivity index (χ1v) is 10.3. The monoisotopic (exact) mass is 401 g/mol. The van der Waals surface area contributed by atoms with E-state index in [9.17, 15) is 21.6 Å². The summed E-state index contributed by atoms with van der Waals surface area (Å²) in [7, 11) is -3.78. The highest BCUT2D eigenvalue weighted by Crippen LogP contribution is 2.31. The van der Waals surface area contributed by atoms with Crippen molar-refractivity contribution in [2.24, 2.45) is 5.92 Å². The molecule has 1 aromatic carbocycles. The normalized spacial score (nSPS) is 17.3. The van der Waals surface area contributed by atoms with Crippen LogP contribution in [0.25, 0.3) is 0 Å². The van der Waals surface area contributed by atoms with E-state index >= 15 is 0 Å². The Morgan fingerprint density at radius 2 is 1.78 bits per heavy atom. The van der Waals surface area contributed by atoms with Crippen LogP contribution < -0.4 is 0 Å². The van der Waals surface area contributed by atoms with Gasteiger partial charge in [-0.25, -0.2) is 13.4 Å². The van der Waals surface area contributed by atoms with Gasteiger partial charge in [0.25, 0.3) is 0 Å². The number of nitrogens with zero attached hydrogens (tertiary/aromatic N) is 3. The summed E-state index contributed by atoms with van der Waals surface area (Å²) >= 11 is 0. The summed E-state index contributed by atoms with van der Waals surface area (Å²) < 4.78 is 66.8. The Labute approximate surface area is 156 Å². The zero-order chi connectivity index (χ0) is 19.7. The van der Waals surface area contributed by atoms with E-state index in [0.29, 0.717) is 31.8 Å². The molecule has 0 unspecified atom stereocenters. The van der Waals surface area contributed by atoms with E-state index in [1.165, 1.54) is 4.31 Å².